The number of hydrogen-bond acceptors (Lipinski definition) is 10. The first kappa shape index (κ1) is 28.9. The number of benzene rings is 1. The molecule has 1 aliphatic rings. The quantitative estimate of drug-likeness (QED) is 0.293. The zero-order valence-corrected chi connectivity index (χ0v) is 24.2. The van der Waals surface area contributed by atoms with Crippen LogP contribution in [-0.2, 0) is 16.5 Å². The Morgan fingerprint density at radius 3 is 2.69 bits per heavy atom. The molecule has 0 radical (unpaired) electrons. The lowest BCUT2D eigenvalue weighted by molar-refractivity contribution is -0.0158. The molecule has 0 bridgehead atoms. The Morgan fingerprint density at radius 2 is 2.00 bits per heavy atom. The third-order valence-electron chi connectivity index (χ3n) is 7.19. The van der Waals surface area contributed by atoms with E-state index in [9.17, 15) is 9.59 Å². The maximum atomic E-state index is 13.9. The lowest BCUT2D eigenvalue weighted by Gasteiger charge is -2.34. The van der Waals surface area contributed by atoms with Gasteiger partial charge in [0, 0.05) is 37.3 Å². The van der Waals surface area contributed by atoms with Crippen LogP contribution < -0.4 is 10.2 Å². The van der Waals surface area contributed by atoms with Crippen LogP contribution in [0.2, 0.25) is 0 Å². The van der Waals surface area contributed by atoms with E-state index in [1.54, 1.807) is 31.0 Å². The molecule has 0 spiro atoms. The highest BCUT2D eigenvalue weighted by Crippen LogP contribution is 2.31. The second-order valence-corrected chi connectivity index (χ2v) is 10.0. The number of carbonyl (C=O) groups excluding carboxylic acids is 2. The van der Waals surface area contributed by atoms with E-state index in [0.717, 1.165) is 42.6 Å². The van der Waals surface area contributed by atoms with E-state index < -0.39 is 12.4 Å². The van der Waals surface area contributed by atoms with Crippen LogP contribution in [0.25, 0.3) is 22.6 Å². The molecule has 13 nitrogen and oxygen atoms in total. The molecular weight excluding hydrogens is 538 g/mol. The number of aromatic nitrogens is 7. The maximum absolute atomic E-state index is 13.9. The van der Waals surface area contributed by atoms with Gasteiger partial charge in [0.15, 0.2) is 0 Å². The third-order valence-corrected chi connectivity index (χ3v) is 7.19. The summed E-state index contributed by atoms with van der Waals surface area (Å²) in [6, 6.07) is 11.3. The number of aryl methyl sites for hydroxylation is 2. The fourth-order valence-electron chi connectivity index (χ4n) is 5.06. The highest BCUT2D eigenvalue weighted by atomic mass is 16.7. The number of ether oxygens (including phenoxy) is 2. The summed E-state index contributed by atoms with van der Waals surface area (Å²) in [5, 5.41) is 20.6. The fourth-order valence-corrected chi connectivity index (χ4v) is 5.06. The number of rotatable bonds is 9. The number of pyridine rings is 1. The van der Waals surface area contributed by atoms with Crippen molar-refractivity contribution in [3.05, 3.63) is 59.9 Å². The van der Waals surface area contributed by atoms with Crippen LogP contribution in [0.1, 0.15) is 55.3 Å². The van der Waals surface area contributed by atoms with Gasteiger partial charge in [-0.2, -0.15) is 5.10 Å². The lowest BCUT2D eigenvalue weighted by Crippen LogP contribution is -2.49. The summed E-state index contributed by atoms with van der Waals surface area (Å²) in [6.45, 7) is 7.38. The summed E-state index contributed by atoms with van der Waals surface area (Å²) in [4.78, 5) is 33.4. The van der Waals surface area contributed by atoms with Gasteiger partial charge >= 0.3 is 6.16 Å². The standard InChI is InChI=1S/C29H35N9O4/c1-5-24(42-29(40)41-6-2)38-34-26(33-35-38)25-23(18-32-36(25)4)20-11-13-21(14-12-20)28(39)37(22-10-8-15-30-17-22)27-19(3)9-7-16-31-27/h7,9,11-14,16,18,22,24,30H,5-6,8,10,15,17H2,1-4H3. The SMILES string of the molecule is CCOC(=O)OC(CC)n1nnc(-c2c(-c3ccc(C(=O)N(c4ncccc4C)C4CCCNC4)cc3)cnn2C)n1. The fraction of sp³-hybridized carbons (Fsp3) is 0.414. The first-order valence-electron chi connectivity index (χ1n) is 14.1. The van der Waals surface area contributed by atoms with Gasteiger partial charge in [-0.3, -0.25) is 14.4 Å². The molecule has 220 valence electrons. The van der Waals surface area contributed by atoms with E-state index >= 15 is 0 Å². The normalized spacial score (nSPS) is 15.7. The number of hydrogen-bond donors (Lipinski definition) is 1. The van der Waals surface area contributed by atoms with E-state index in [1.807, 2.05) is 55.1 Å². The molecule has 1 fully saturated rings. The smallest absolute Gasteiger partial charge is 0.435 e. The Balaban J connectivity index is 1.41. The van der Waals surface area contributed by atoms with Crippen LogP contribution in [0.5, 0.6) is 0 Å². The van der Waals surface area contributed by atoms with Crippen LogP contribution in [-0.4, -0.2) is 72.8 Å². The minimum absolute atomic E-state index is 0.0119. The minimum atomic E-state index is -0.796. The van der Waals surface area contributed by atoms with Crippen molar-refractivity contribution in [1.82, 2.24) is 40.3 Å². The van der Waals surface area contributed by atoms with Gasteiger partial charge in [0.05, 0.1) is 18.8 Å². The van der Waals surface area contributed by atoms with Crippen molar-refractivity contribution in [2.45, 2.75) is 52.3 Å². The third kappa shape index (κ3) is 6.00. The highest BCUT2D eigenvalue weighted by molar-refractivity contribution is 6.06. The average Bonchev–Trinajstić information content (AvgIpc) is 3.64. The average molecular weight is 574 g/mol. The molecule has 2 unspecified atom stereocenters. The van der Waals surface area contributed by atoms with Crippen molar-refractivity contribution in [2.75, 3.05) is 24.6 Å². The van der Waals surface area contributed by atoms with Crippen molar-refractivity contribution < 1.29 is 19.1 Å². The van der Waals surface area contributed by atoms with E-state index in [0.29, 0.717) is 29.3 Å². The first-order valence-corrected chi connectivity index (χ1v) is 14.1. The van der Waals surface area contributed by atoms with Crippen LogP contribution >= 0.6 is 0 Å². The van der Waals surface area contributed by atoms with E-state index in [2.05, 4.69) is 30.8 Å². The number of anilines is 1. The molecule has 3 aromatic heterocycles. The van der Waals surface area contributed by atoms with Crippen molar-refractivity contribution >= 4 is 17.9 Å². The van der Waals surface area contributed by atoms with Gasteiger partial charge in [0.2, 0.25) is 12.1 Å². The number of tetrazole rings is 1. The van der Waals surface area contributed by atoms with Crippen LogP contribution in [0.15, 0.2) is 48.8 Å². The highest BCUT2D eigenvalue weighted by Gasteiger charge is 2.30. The molecule has 1 amide bonds. The van der Waals surface area contributed by atoms with Crippen molar-refractivity contribution in [3.8, 4) is 22.6 Å². The molecule has 1 N–H and O–H groups in total. The monoisotopic (exact) mass is 573 g/mol. The number of amides is 1. The van der Waals surface area contributed by atoms with Crippen molar-refractivity contribution in [2.24, 2.45) is 7.05 Å². The number of carbonyl (C=O) groups is 2. The topological polar surface area (TPSA) is 142 Å². The second-order valence-electron chi connectivity index (χ2n) is 10.0. The molecule has 42 heavy (non-hydrogen) atoms. The Kier molecular flexibility index (Phi) is 8.86. The van der Waals surface area contributed by atoms with Crippen LogP contribution in [0.3, 0.4) is 0 Å². The van der Waals surface area contributed by atoms with Gasteiger partial charge in [0.25, 0.3) is 5.91 Å². The molecule has 13 heteroatoms. The number of nitrogens with zero attached hydrogens (tertiary/aromatic N) is 8. The Bertz CT molecular complexity index is 1530. The van der Waals surface area contributed by atoms with Crippen molar-refractivity contribution in [3.63, 3.8) is 0 Å². The predicted molar refractivity (Wildman–Crippen MR) is 155 cm³/mol. The molecule has 1 aliphatic heterocycles. The summed E-state index contributed by atoms with van der Waals surface area (Å²) < 4.78 is 11.8. The summed E-state index contributed by atoms with van der Waals surface area (Å²) in [5.74, 6) is 0.902. The molecule has 4 heterocycles. The summed E-state index contributed by atoms with van der Waals surface area (Å²) >= 11 is 0. The molecule has 1 aromatic carbocycles. The molecule has 5 rings (SSSR count). The Hall–Kier alpha value is -4.65. The van der Waals surface area contributed by atoms with Gasteiger partial charge < -0.3 is 14.8 Å². The van der Waals surface area contributed by atoms with Gasteiger partial charge in [0.1, 0.15) is 11.5 Å². The molecular formula is C29H35N9O4. The first-order chi connectivity index (χ1) is 20.4. The molecule has 4 aromatic rings. The van der Waals surface area contributed by atoms with Crippen molar-refractivity contribution in [1.29, 1.82) is 0 Å². The van der Waals surface area contributed by atoms with Gasteiger partial charge in [-0.05, 0) is 67.8 Å². The van der Waals surface area contributed by atoms with Gasteiger partial charge in [-0.1, -0.05) is 25.1 Å². The zero-order chi connectivity index (χ0) is 29.6. The molecule has 0 saturated carbocycles. The van der Waals surface area contributed by atoms with E-state index in [4.69, 9.17) is 9.47 Å². The summed E-state index contributed by atoms with van der Waals surface area (Å²) in [6.07, 6.45) is 4.21. The minimum Gasteiger partial charge on any atom is -0.435 e. The Labute approximate surface area is 243 Å². The molecule has 2 atom stereocenters. The second kappa shape index (κ2) is 12.9. The van der Waals surface area contributed by atoms with E-state index in [1.165, 1.54) is 4.80 Å². The summed E-state index contributed by atoms with van der Waals surface area (Å²) in [7, 11) is 1.79. The largest absolute Gasteiger partial charge is 0.510 e. The van der Waals surface area contributed by atoms with Crippen LogP contribution in [0.4, 0.5) is 10.6 Å². The number of piperidine rings is 1. The van der Waals surface area contributed by atoms with Gasteiger partial charge in [-0.25, -0.2) is 9.78 Å². The lowest BCUT2D eigenvalue weighted by atomic mass is 10.0. The Morgan fingerprint density at radius 1 is 1.19 bits per heavy atom. The zero-order valence-electron chi connectivity index (χ0n) is 24.2. The predicted octanol–water partition coefficient (Wildman–Crippen LogP) is 3.92. The molecule has 0 aliphatic carbocycles. The summed E-state index contributed by atoms with van der Waals surface area (Å²) in [5.41, 5.74) is 3.74. The number of nitrogens with one attached hydrogen (secondary N) is 1. The maximum Gasteiger partial charge on any atom is 0.510 e. The van der Waals surface area contributed by atoms with Crippen LogP contribution in [0, 0.1) is 6.92 Å². The van der Waals surface area contributed by atoms with Gasteiger partial charge in [-0.15, -0.1) is 15.0 Å². The van der Waals surface area contributed by atoms with E-state index in [-0.39, 0.29) is 18.6 Å². The molecule has 1 saturated heterocycles.